The normalized spacial score (nSPS) is 10.2. The van der Waals surface area contributed by atoms with Crippen LogP contribution in [0.2, 0.25) is 0 Å². The number of hydrogen-bond acceptors (Lipinski definition) is 4. The molecule has 0 saturated carbocycles. The lowest BCUT2D eigenvalue weighted by Crippen LogP contribution is -1.97. The number of carboxylic acid groups (broad SMARTS) is 1. The number of aromatic carboxylic acids is 1. The van der Waals surface area contributed by atoms with Crippen molar-refractivity contribution < 1.29 is 19.1 Å². The van der Waals surface area contributed by atoms with Crippen molar-refractivity contribution in [1.29, 1.82) is 0 Å². The van der Waals surface area contributed by atoms with Gasteiger partial charge in [0.25, 0.3) is 0 Å². The number of rotatable bonds is 4. The van der Waals surface area contributed by atoms with E-state index in [1.807, 2.05) is 6.92 Å². The highest BCUT2D eigenvalue weighted by Gasteiger charge is 2.09. The molecule has 0 radical (unpaired) electrons. The van der Waals surface area contributed by atoms with E-state index in [0.29, 0.717) is 11.5 Å². The summed E-state index contributed by atoms with van der Waals surface area (Å²) in [7, 11) is 0. The third-order valence-electron chi connectivity index (χ3n) is 2.23. The quantitative estimate of drug-likeness (QED) is 0.876. The van der Waals surface area contributed by atoms with Gasteiger partial charge in [-0.2, -0.15) is 0 Å². The van der Waals surface area contributed by atoms with Crippen LogP contribution in [0.25, 0.3) is 0 Å². The number of furan rings is 1. The lowest BCUT2D eigenvalue weighted by atomic mass is 10.3. The Labute approximate surface area is 97.7 Å². The first-order chi connectivity index (χ1) is 8.16. The molecule has 0 aliphatic rings. The predicted octanol–water partition coefficient (Wildman–Crippen LogP) is 2.26. The Morgan fingerprint density at radius 3 is 3.06 bits per heavy atom. The van der Waals surface area contributed by atoms with Gasteiger partial charge in [0.15, 0.2) is 0 Å². The number of hydrogen-bond donors (Lipinski definition) is 1. The van der Waals surface area contributed by atoms with E-state index in [0.717, 1.165) is 5.69 Å². The van der Waals surface area contributed by atoms with Gasteiger partial charge >= 0.3 is 5.97 Å². The van der Waals surface area contributed by atoms with Crippen molar-refractivity contribution >= 4 is 5.97 Å². The summed E-state index contributed by atoms with van der Waals surface area (Å²) in [6.45, 7) is 2.01. The number of ether oxygens (including phenoxy) is 1. The summed E-state index contributed by atoms with van der Waals surface area (Å²) in [5.41, 5.74) is 0.893. The van der Waals surface area contributed by atoms with Crippen LogP contribution in [0.4, 0.5) is 0 Å². The highest BCUT2D eigenvalue weighted by molar-refractivity contribution is 5.87. The predicted molar refractivity (Wildman–Crippen MR) is 59.0 cm³/mol. The van der Waals surface area contributed by atoms with Crippen LogP contribution in [0.1, 0.15) is 21.8 Å². The summed E-state index contributed by atoms with van der Waals surface area (Å²) < 4.78 is 10.5. The fraction of sp³-hybridized carbons (Fsp3) is 0.167. The van der Waals surface area contributed by atoms with Gasteiger partial charge in [0.05, 0.1) is 11.3 Å². The van der Waals surface area contributed by atoms with Gasteiger partial charge in [0.2, 0.25) is 0 Å². The van der Waals surface area contributed by atoms with Gasteiger partial charge in [-0.15, -0.1) is 0 Å². The van der Waals surface area contributed by atoms with Gasteiger partial charge in [-0.05, 0) is 25.1 Å². The smallest absolute Gasteiger partial charge is 0.338 e. The fourth-order valence-corrected chi connectivity index (χ4v) is 1.34. The molecular weight excluding hydrogens is 222 g/mol. The summed E-state index contributed by atoms with van der Waals surface area (Å²) in [6, 6.07) is 5.00. The van der Waals surface area contributed by atoms with E-state index >= 15 is 0 Å². The molecule has 0 fully saturated rings. The molecule has 88 valence electrons. The number of aromatic nitrogens is 1. The summed E-state index contributed by atoms with van der Waals surface area (Å²) in [5, 5.41) is 8.72. The van der Waals surface area contributed by atoms with E-state index in [4.69, 9.17) is 14.3 Å². The van der Waals surface area contributed by atoms with Gasteiger partial charge < -0.3 is 14.3 Å². The van der Waals surface area contributed by atoms with Crippen LogP contribution in [0, 0.1) is 6.92 Å². The molecule has 5 heteroatoms. The molecule has 2 heterocycles. The second-order valence-electron chi connectivity index (χ2n) is 3.48. The zero-order valence-corrected chi connectivity index (χ0v) is 9.21. The minimum Gasteiger partial charge on any atom is -0.484 e. The number of carboxylic acids is 1. The molecule has 0 unspecified atom stereocenters. The van der Waals surface area contributed by atoms with E-state index in [-0.39, 0.29) is 12.2 Å². The molecule has 17 heavy (non-hydrogen) atoms. The van der Waals surface area contributed by atoms with Crippen LogP contribution >= 0.6 is 0 Å². The first-order valence-electron chi connectivity index (χ1n) is 5.02. The maximum absolute atomic E-state index is 10.6. The number of aryl methyl sites for hydroxylation is 1. The monoisotopic (exact) mass is 233 g/mol. The lowest BCUT2D eigenvalue weighted by Gasteiger charge is -2.05. The number of pyridine rings is 1. The molecule has 0 bridgehead atoms. The van der Waals surface area contributed by atoms with Crippen molar-refractivity contribution in [3.8, 4) is 5.75 Å². The van der Waals surface area contributed by atoms with E-state index in [9.17, 15) is 4.79 Å². The molecule has 0 saturated heterocycles. The average Bonchev–Trinajstić information content (AvgIpc) is 2.77. The second-order valence-corrected chi connectivity index (χ2v) is 3.48. The first-order valence-corrected chi connectivity index (χ1v) is 5.02. The Kier molecular flexibility index (Phi) is 3.09. The van der Waals surface area contributed by atoms with Gasteiger partial charge in [0, 0.05) is 6.20 Å². The van der Waals surface area contributed by atoms with Gasteiger partial charge in [-0.3, -0.25) is 4.98 Å². The molecule has 1 N–H and O–H groups in total. The summed E-state index contributed by atoms with van der Waals surface area (Å²) in [6.07, 6.45) is 2.87. The van der Waals surface area contributed by atoms with Crippen LogP contribution in [-0.4, -0.2) is 16.1 Å². The zero-order valence-electron chi connectivity index (χ0n) is 9.21. The van der Waals surface area contributed by atoms with Crippen LogP contribution in [0.5, 0.6) is 5.75 Å². The molecule has 2 aromatic heterocycles. The number of carbonyl (C=O) groups is 1. The second kappa shape index (κ2) is 4.69. The Morgan fingerprint density at radius 2 is 2.41 bits per heavy atom. The zero-order chi connectivity index (χ0) is 12.3. The molecule has 2 rings (SSSR count). The Hall–Kier alpha value is -2.30. The molecule has 0 amide bonds. The average molecular weight is 233 g/mol. The Balaban J connectivity index is 2.02. The SMILES string of the molecule is Cc1ncccc1OCc1cc(C(=O)O)co1. The molecule has 0 aliphatic heterocycles. The highest BCUT2D eigenvalue weighted by atomic mass is 16.5. The van der Waals surface area contributed by atoms with E-state index in [2.05, 4.69) is 4.98 Å². The maximum Gasteiger partial charge on any atom is 0.338 e. The summed E-state index contributed by atoms with van der Waals surface area (Å²) in [5.74, 6) is 0.101. The minimum absolute atomic E-state index is 0.117. The van der Waals surface area contributed by atoms with Gasteiger partial charge in [-0.25, -0.2) is 4.79 Å². The topological polar surface area (TPSA) is 72.6 Å². The maximum atomic E-state index is 10.6. The molecule has 0 aliphatic carbocycles. The van der Waals surface area contributed by atoms with Crippen molar-refractivity contribution in [2.45, 2.75) is 13.5 Å². The largest absolute Gasteiger partial charge is 0.484 e. The third-order valence-corrected chi connectivity index (χ3v) is 2.23. The van der Waals surface area contributed by atoms with Crippen LogP contribution in [0.3, 0.4) is 0 Å². The van der Waals surface area contributed by atoms with Crippen molar-refractivity contribution in [2.24, 2.45) is 0 Å². The van der Waals surface area contributed by atoms with Crippen LogP contribution < -0.4 is 4.74 Å². The molecule has 2 aromatic rings. The van der Waals surface area contributed by atoms with Crippen molar-refractivity contribution in [3.05, 3.63) is 47.7 Å². The molecule has 0 atom stereocenters. The summed E-state index contributed by atoms with van der Waals surface area (Å²) in [4.78, 5) is 14.7. The minimum atomic E-state index is -1.02. The molecule has 0 aromatic carbocycles. The van der Waals surface area contributed by atoms with Gasteiger partial charge in [0.1, 0.15) is 24.4 Å². The van der Waals surface area contributed by atoms with Crippen LogP contribution in [-0.2, 0) is 6.61 Å². The van der Waals surface area contributed by atoms with E-state index in [1.165, 1.54) is 12.3 Å². The fourth-order valence-electron chi connectivity index (χ4n) is 1.34. The first kappa shape index (κ1) is 11.2. The highest BCUT2D eigenvalue weighted by Crippen LogP contribution is 2.16. The molecule has 5 nitrogen and oxygen atoms in total. The lowest BCUT2D eigenvalue weighted by molar-refractivity contribution is 0.0696. The molecule has 0 spiro atoms. The van der Waals surface area contributed by atoms with Crippen LogP contribution in [0.15, 0.2) is 35.1 Å². The van der Waals surface area contributed by atoms with E-state index < -0.39 is 5.97 Å². The van der Waals surface area contributed by atoms with Crippen molar-refractivity contribution in [2.75, 3.05) is 0 Å². The van der Waals surface area contributed by atoms with Crippen molar-refractivity contribution in [3.63, 3.8) is 0 Å². The Bertz CT molecular complexity index is 533. The molecular formula is C12H11NO4. The van der Waals surface area contributed by atoms with Gasteiger partial charge in [-0.1, -0.05) is 0 Å². The standard InChI is InChI=1S/C12H11NO4/c1-8-11(3-2-4-13-8)17-7-10-5-9(6-16-10)12(14)15/h2-6H,7H2,1H3,(H,14,15). The Morgan fingerprint density at radius 1 is 1.59 bits per heavy atom. The van der Waals surface area contributed by atoms with Crippen molar-refractivity contribution in [1.82, 2.24) is 4.98 Å². The number of nitrogens with zero attached hydrogens (tertiary/aromatic N) is 1. The summed E-state index contributed by atoms with van der Waals surface area (Å²) >= 11 is 0. The third kappa shape index (κ3) is 2.63. The van der Waals surface area contributed by atoms with E-state index in [1.54, 1.807) is 18.3 Å².